The fraction of sp³-hybridized carbons (Fsp3) is 0.160. The molecule has 0 spiro atoms. The van der Waals surface area contributed by atoms with E-state index in [0.29, 0.717) is 22.3 Å². The molecule has 3 aromatic carbocycles. The number of hydrogen-bond donors (Lipinski definition) is 1. The van der Waals surface area contributed by atoms with E-state index in [1.807, 2.05) is 34.9 Å². The highest BCUT2D eigenvalue weighted by atomic mass is 35.5. The average Bonchev–Trinajstić information content (AvgIpc) is 3.22. The number of aromatic nitrogens is 3. The number of para-hydroxylation sites is 1. The highest BCUT2D eigenvalue weighted by Crippen LogP contribution is 2.25. The van der Waals surface area contributed by atoms with E-state index in [2.05, 4.69) is 58.8 Å². The molecule has 32 heavy (non-hydrogen) atoms. The summed E-state index contributed by atoms with van der Waals surface area (Å²) in [6.07, 6.45) is 1.62. The van der Waals surface area contributed by atoms with E-state index in [1.54, 1.807) is 12.1 Å². The first-order chi connectivity index (χ1) is 15.6. The minimum Gasteiger partial charge on any atom is -0.324 e. The molecule has 0 bridgehead atoms. The van der Waals surface area contributed by atoms with Crippen molar-refractivity contribution in [3.8, 4) is 5.69 Å². The van der Waals surface area contributed by atoms with Crippen LogP contribution in [0.1, 0.15) is 23.9 Å². The molecule has 0 unspecified atom stereocenters. The summed E-state index contributed by atoms with van der Waals surface area (Å²) < 4.78 is 2.03. The van der Waals surface area contributed by atoms with Crippen molar-refractivity contribution < 1.29 is 4.79 Å². The molecule has 0 aliphatic heterocycles. The first-order valence-electron chi connectivity index (χ1n) is 10.4. The predicted molar refractivity (Wildman–Crippen MR) is 131 cm³/mol. The number of hydrogen-bond acceptors (Lipinski definition) is 4. The summed E-state index contributed by atoms with van der Waals surface area (Å²) in [7, 11) is 0. The smallest absolute Gasteiger partial charge is 0.234 e. The van der Waals surface area contributed by atoms with Crippen molar-refractivity contribution >= 4 is 35.0 Å². The maximum atomic E-state index is 12.5. The minimum absolute atomic E-state index is 0.149. The minimum atomic E-state index is -0.149. The number of carbonyl (C=O) groups excluding carboxylic acids is 1. The van der Waals surface area contributed by atoms with Crippen molar-refractivity contribution in [2.75, 3.05) is 11.1 Å². The molecule has 4 rings (SSSR count). The van der Waals surface area contributed by atoms with Gasteiger partial charge in [0.1, 0.15) is 5.82 Å². The Labute approximate surface area is 196 Å². The van der Waals surface area contributed by atoms with Crippen LogP contribution in [0.25, 0.3) is 5.69 Å². The van der Waals surface area contributed by atoms with Crippen LogP contribution in [0.15, 0.2) is 84.0 Å². The molecule has 4 aromatic rings. The Hall–Kier alpha value is -3.09. The molecule has 5 nitrogen and oxygen atoms in total. The number of amides is 1. The number of halogens is 1. The van der Waals surface area contributed by atoms with Gasteiger partial charge in [0.2, 0.25) is 5.91 Å². The van der Waals surface area contributed by atoms with E-state index >= 15 is 0 Å². The summed E-state index contributed by atoms with van der Waals surface area (Å²) in [5, 5.41) is 12.9. The lowest BCUT2D eigenvalue weighted by Gasteiger charge is -2.11. The van der Waals surface area contributed by atoms with Crippen molar-refractivity contribution in [3.63, 3.8) is 0 Å². The van der Waals surface area contributed by atoms with Gasteiger partial charge in [-0.1, -0.05) is 84.9 Å². The van der Waals surface area contributed by atoms with Crippen LogP contribution in [0.2, 0.25) is 5.02 Å². The summed E-state index contributed by atoms with van der Waals surface area (Å²) in [5.41, 5.74) is 3.99. The quantitative estimate of drug-likeness (QED) is 0.336. The number of anilines is 1. The predicted octanol–water partition coefficient (Wildman–Crippen LogP) is 5.80. The molecular weight excluding hydrogens is 440 g/mol. The summed E-state index contributed by atoms with van der Waals surface area (Å²) in [5.74, 6) is 0.875. The molecule has 0 saturated heterocycles. The van der Waals surface area contributed by atoms with Crippen LogP contribution in [-0.4, -0.2) is 26.4 Å². The second kappa shape index (κ2) is 10.5. The van der Waals surface area contributed by atoms with E-state index in [1.165, 1.54) is 17.3 Å². The monoisotopic (exact) mass is 462 g/mol. The first kappa shape index (κ1) is 22.1. The number of thioether (sulfide) groups is 1. The normalized spacial score (nSPS) is 10.8. The third kappa shape index (κ3) is 5.39. The molecule has 1 aromatic heterocycles. The standard InChI is InChI=1S/C25H23ClN4OS/c1-2-18-12-14-20(15-13-18)30-23(16-19-8-4-3-5-9-19)28-29-25(30)32-17-24(31)27-22-11-7-6-10-21(22)26/h3-15H,2,16-17H2,1H3,(H,27,31). The van der Waals surface area contributed by atoms with E-state index in [-0.39, 0.29) is 11.7 Å². The number of nitrogens with zero attached hydrogens (tertiary/aromatic N) is 3. The van der Waals surface area contributed by atoms with Crippen molar-refractivity contribution in [2.45, 2.75) is 24.9 Å². The van der Waals surface area contributed by atoms with Crippen LogP contribution in [0, 0.1) is 0 Å². The van der Waals surface area contributed by atoms with Crippen LogP contribution in [0.5, 0.6) is 0 Å². The van der Waals surface area contributed by atoms with Gasteiger partial charge in [0.25, 0.3) is 0 Å². The highest BCUT2D eigenvalue weighted by Gasteiger charge is 2.17. The van der Waals surface area contributed by atoms with Gasteiger partial charge in [0, 0.05) is 12.1 Å². The number of carbonyl (C=O) groups is 1. The zero-order chi connectivity index (χ0) is 22.3. The highest BCUT2D eigenvalue weighted by molar-refractivity contribution is 7.99. The molecule has 1 N–H and O–H groups in total. The number of aryl methyl sites for hydroxylation is 1. The molecule has 0 radical (unpaired) electrons. The molecule has 0 aliphatic carbocycles. The van der Waals surface area contributed by atoms with E-state index in [9.17, 15) is 4.79 Å². The Morgan fingerprint density at radius 1 is 0.938 bits per heavy atom. The Kier molecular flexibility index (Phi) is 7.24. The average molecular weight is 463 g/mol. The second-order valence-corrected chi connectivity index (χ2v) is 8.58. The van der Waals surface area contributed by atoms with Gasteiger partial charge < -0.3 is 5.32 Å². The number of rotatable bonds is 8. The van der Waals surface area contributed by atoms with Crippen molar-refractivity contribution in [3.05, 3.63) is 101 Å². The fourth-order valence-electron chi connectivity index (χ4n) is 3.31. The fourth-order valence-corrected chi connectivity index (χ4v) is 4.26. The van der Waals surface area contributed by atoms with Crippen LogP contribution >= 0.6 is 23.4 Å². The van der Waals surface area contributed by atoms with Gasteiger partial charge in [-0.2, -0.15) is 0 Å². The lowest BCUT2D eigenvalue weighted by atomic mass is 10.1. The lowest BCUT2D eigenvalue weighted by molar-refractivity contribution is -0.113. The van der Waals surface area contributed by atoms with Crippen LogP contribution in [-0.2, 0) is 17.6 Å². The van der Waals surface area contributed by atoms with Gasteiger partial charge in [-0.3, -0.25) is 9.36 Å². The summed E-state index contributed by atoms with van der Waals surface area (Å²) in [4.78, 5) is 12.5. The zero-order valence-electron chi connectivity index (χ0n) is 17.7. The molecule has 1 amide bonds. The van der Waals surface area contributed by atoms with Gasteiger partial charge in [-0.05, 0) is 41.8 Å². The zero-order valence-corrected chi connectivity index (χ0v) is 19.2. The largest absolute Gasteiger partial charge is 0.324 e. The Bertz CT molecular complexity index is 1190. The number of benzene rings is 3. The Morgan fingerprint density at radius 2 is 1.66 bits per heavy atom. The third-order valence-corrected chi connectivity index (χ3v) is 6.25. The van der Waals surface area contributed by atoms with Gasteiger partial charge in [-0.15, -0.1) is 10.2 Å². The van der Waals surface area contributed by atoms with Crippen LogP contribution in [0.3, 0.4) is 0 Å². The lowest BCUT2D eigenvalue weighted by Crippen LogP contribution is -2.15. The van der Waals surface area contributed by atoms with E-state index in [0.717, 1.165) is 23.5 Å². The third-order valence-electron chi connectivity index (χ3n) is 4.99. The summed E-state index contributed by atoms with van der Waals surface area (Å²) in [6, 6.07) is 25.7. The van der Waals surface area contributed by atoms with Crippen LogP contribution < -0.4 is 5.32 Å². The molecule has 7 heteroatoms. The molecule has 1 heterocycles. The molecular formula is C25H23ClN4OS. The van der Waals surface area contributed by atoms with Crippen molar-refractivity contribution in [2.24, 2.45) is 0 Å². The topological polar surface area (TPSA) is 59.8 Å². The maximum Gasteiger partial charge on any atom is 0.234 e. The first-order valence-corrected chi connectivity index (χ1v) is 11.7. The maximum absolute atomic E-state index is 12.5. The van der Waals surface area contributed by atoms with Crippen LogP contribution in [0.4, 0.5) is 5.69 Å². The van der Waals surface area contributed by atoms with Gasteiger partial charge >= 0.3 is 0 Å². The molecule has 0 aliphatic rings. The Morgan fingerprint density at radius 3 is 2.38 bits per heavy atom. The molecule has 162 valence electrons. The van der Waals surface area contributed by atoms with Crippen molar-refractivity contribution in [1.29, 1.82) is 0 Å². The Balaban J connectivity index is 1.56. The second-order valence-electron chi connectivity index (χ2n) is 7.23. The van der Waals surface area contributed by atoms with E-state index < -0.39 is 0 Å². The summed E-state index contributed by atoms with van der Waals surface area (Å²) >= 11 is 7.50. The van der Waals surface area contributed by atoms with Gasteiger partial charge in [-0.25, -0.2) is 0 Å². The SMILES string of the molecule is CCc1ccc(-n2c(Cc3ccccc3)nnc2SCC(=O)Nc2ccccc2Cl)cc1. The van der Waals surface area contributed by atoms with Gasteiger partial charge in [0.15, 0.2) is 5.16 Å². The van der Waals surface area contributed by atoms with Gasteiger partial charge in [0.05, 0.1) is 16.5 Å². The molecule has 0 atom stereocenters. The van der Waals surface area contributed by atoms with E-state index in [4.69, 9.17) is 11.6 Å². The summed E-state index contributed by atoms with van der Waals surface area (Å²) in [6.45, 7) is 2.13. The number of nitrogens with one attached hydrogen (secondary N) is 1. The van der Waals surface area contributed by atoms with Crippen molar-refractivity contribution in [1.82, 2.24) is 14.8 Å². The molecule has 0 fully saturated rings. The molecule has 0 saturated carbocycles.